The maximum absolute atomic E-state index is 4.80. The van der Waals surface area contributed by atoms with Crippen LogP contribution in [-0.2, 0) is 6.54 Å². The van der Waals surface area contributed by atoms with E-state index in [-0.39, 0.29) is 0 Å². The minimum absolute atomic E-state index is 0.667. The molecule has 0 aliphatic carbocycles. The average molecular weight is 307 g/mol. The lowest BCUT2D eigenvalue weighted by Gasteiger charge is -2.33. The van der Waals surface area contributed by atoms with Crippen LogP contribution in [0.5, 0.6) is 0 Å². The van der Waals surface area contributed by atoms with Crippen molar-refractivity contribution in [3.63, 3.8) is 0 Å². The van der Waals surface area contributed by atoms with Crippen molar-refractivity contribution < 1.29 is 0 Å². The minimum Gasteiger partial charge on any atom is -0.315 e. The second kappa shape index (κ2) is 6.80. The Kier molecular flexibility index (Phi) is 4.83. The van der Waals surface area contributed by atoms with E-state index in [1.165, 1.54) is 30.6 Å². The van der Waals surface area contributed by atoms with Gasteiger partial charge in [-0.2, -0.15) is 11.3 Å². The molecule has 0 amide bonds. The van der Waals surface area contributed by atoms with Gasteiger partial charge in [0.2, 0.25) is 0 Å². The van der Waals surface area contributed by atoms with Gasteiger partial charge in [-0.3, -0.25) is 4.90 Å². The standard InChI is InChI=1S/C15H21N3S2/c1-2-18(14-4-3-6-16-8-14)9-13-11-20-15(17-13)12-5-7-19-10-12/h5,7,10-11,14,16H,2-4,6,8-9H2,1H3. The summed E-state index contributed by atoms with van der Waals surface area (Å²) in [7, 11) is 0. The lowest BCUT2D eigenvalue weighted by Crippen LogP contribution is -2.45. The SMILES string of the molecule is CCN(Cc1csc(-c2ccsc2)n1)C1CCCNC1. The van der Waals surface area contributed by atoms with Gasteiger partial charge in [-0.05, 0) is 37.4 Å². The molecule has 3 heterocycles. The van der Waals surface area contributed by atoms with Crippen LogP contribution in [0.25, 0.3) is 10.6 Å². The van der Waals surface area contributed by atoms with Crippen LogP contribution in [0.4, 0.5) is 0 Å². The molecule has 2 aromatic heterocycles. The molecule has 0 radical (unpaired) electrons. The fourth-order valence-corrected chi connectivity index (χ4v) is 4.27. The summed E-state index contributed by atoms with van der Waals surface area (Å²) in [6, 6.07) is 2.82. The zero-order valence-electron chi connectivity index (χ0n) is 11.8. The monoisotopic (exact) mass is 307 g/mol. The number of nitrogens with zero attached hydrogens (tertiary/aromatic N) is 2. The van der Waals surface area contributed by atoms with Crippen LogP contribution in [0.3, 0.4) is 0 Å². The summed E-state index contributed by atoms with van der Waals surface area (Å²) in [5, 5.41) is 11.2. The van der Waals surface area contributed by atoms with Crippen LogP contribution in [0.1, 0.15) is 25.5 Å². The van der Waals surface area contributed by atoms with Gasteiger partial charge in [0.1, 0.15) is 5.01 Å². The Hall–Kier alpha value is -0.750. The maximum atomic E-state index is 4.80. The third kappa shape index (κ3) is 3.28. The van der Waals surface area contributed by atoms with Crippen molar-refractivity contribution in [2.24, 2.45) is 0 Å². The van der Waals surface area contributed by atoms with Crippen LogP contribution >= 0.6 is 22.7 Å². The van der Waals surface area contributed by atoms with Crippen molar-refractivity contribution in [3.05, 3.63) is 27.9 Å². The van der Waals surface area contributed by atoms with E-state index in [2.05, 4.69) is 39.3 Å². The maximum Gasteiger partial charge on any atom is 0.124 e. The van der Waals surface area contributed by atoms with Crippen LogP contribution in [0, 0.1) is 0 Å². The first kappa shape index (κ1) is 14.2. The third-order valence-electron chi connectivity index (χ3n) is 3.88. The lowest BCUT2D eigenvalue weighted by molar-refractivity contribution is 0.164. The molecular weight excluding hydrogens is 286 g/mol. The van der Waals surface area contributed by atoms with Gasteiger partial charge < -0.3 is 5.32 Å². The molecule has 0 saturated carbocycles. The predicted octanol–water partition coefficient (Wildman–Crippen LogP) is 3.45. The molecule has 1 saturated heterocycles. The van der Waals surface area contributed by atoms with Crippen molar-refractivity contribution in [2.75, 3.05) is 19.6 Å². The van der Waals surface area contributed by atoms with Gasteiger partial charge in [-0.1, -0.05) is 6.92 Å². The van der Waals surface area contributed by atoms with Crippen LogP contribution in [-0.4, -0.2) is 35.6 Å². The molecule has 1 aliphatic heterocycles. The summed E-state index contributed by atoms with van der Waals surface area (Å²) in [6.07, 6.45) is 2.60. The molecule has 1 aliphatic rings. The number of nitrogens with one attached hydrogen (secondary N) is 1. The topological polar surface area (TPSA) is 28.2 Å². The van der Waals surface area contributed by atoms with Gasteiger partial charge in [-0.15, -0.1) is 11.3 Å². The van der Waals surface area contributed by atoms with E-state index in [1.54, 1.807) is 22.7 Å². The summed E-state index contributed by atoms with van der Waals surface area (Å²) in [5.74, 6) is 0. The fraction of sp³-hybridized carbons (Fsp3) is 0.533. The number of thiophene rings is 1. The molecule has 0 spiro atoms. The van der Waals surface area contributed by atoms with Crippen LogP contribution < -0.4 is 5.32 Å². The number of thiazole rings is 1. The van der Waals surface area contributed by atoms with Crippen molar-refractivity contribution in [2.45, 2.75) is 32.4 Å². The van der Waals surface area contributed by atoms with E-state index in [0.29, 0.717) is 6.04 Å². The average Bonchev–Trinajstić information content (AvgIpc) is 3.16. The Morgan fingerprint density at radius 3 is 3.10 bits per heavy atom. The first-order valence-electron chi connectivity index (χ1n) is 7.28. The molecule has 1 N–H and O–H groups in total. The second-order valence-corrected chi connectivity index (χ2v) is 6.86. The molecule has 20 heavy (non-hydrogen) atoms. The Morgan fingerprint density at radius 1 is 1.45 bits per heavy atom. The Balaban J connectivity index is 1.66. The molecule has 2 aromatic rings. The van der Waals surface area contributed by atoms with Crippen molar-refractivity contribution in [1.29, 1.82) is 0 Å². The van der Waals surface area contributed by atoms with Gasteiger partial charge in [0.05, 0.1) is 5.69 Å². The molecule has 1 unspecified atom stereocenters. The van der Waals surface area contributed by atoms with E-state index in [1.807, 2.05) is 0 Å². The molecule has 3 rings (SSSR count). The number of aromatic nitrogens is 1. The first-order valence-corrected chi connectivity index (χ1v) is 9.11. The van der Waals surface area contributed by atoms with Crippen LogP contribution in [0.15, 0.2) is 22.2 Å². The highest BCUT2D eigenvalue weighted by atomic mass is 32.1. The first-order chi connectivity index (χ1) is 9.86. The highest BCUT2D eigenvalue weighted by Crippen LogP contribution is 2.26. The van der Waals surface area contributed by atoms with E-state index in [0.717, 1.165) is 24.6 Å². The molecule has 0 aromatic carbocycles. The largest absolute Gasteiger partial charge is 0.315 e. The van der Waals surface area contributed by atoms with Gasteiger partial charge >= 0.3 is 0 Å². The number of piperidine rings is 1. The second-order valence-electron chi connectivity index (χ2n) is 5.22. The normalized spacial score (nSPS) is 19.6. The summed E-state index contributed by atoms with van der Waals surface area (Å²) in [5.41, 5.74) is 2.47. The molecule has 0 bridgehead atoms. The smallest absolute Gasteiger partial charge is 0.124 e. The molecule has 3 nitrogen and oxygen atoms in total. The van der Waals surface area contributed by atoms with Crippen molar-refractivity contribution in [3.8, 4) is 10.6 Å². The predicted molar refractivity (Wildman–Crippen MR) is 87.4 cm³/mol. The molecule has 1 atom stereocenters. The Bertz CT molecular complexity index is 515. The summed E-state index contributed by atoms with van der Waals surface area (Å²) in [4.78, 5) is 7.35. The van der Waals surface area contributed by atoms with E-state index < -0.39 is 0 Å². The fourth-order valence-electron chi connectivity index (χ4n) is 2.75. The number of hydrogen-bond acceptors (Lipinski definition) is 5. The molecular formula is C15H21N3S2. The highest BCUT2D eigenvalue weighted by Gasteiger charge is 2.20. The van der Waals surface area contributed by atoms with E-state index >= 15 is 0 Å². The molecule has 1 fully saturated rings. The van der Waals surface area contributed by atoms with Gasteiger partial charge in [0.15, 0.2) is 0 Å². The lowest BCUT2D eigenvalue weighted by atomic mass is 10.1. The number of rotatable bonds is 5. The summed E-state index contributed by atoms with van der Waals surface area (Å²) in [6.45, 7) is 6.62. The van der Waals surface area contributed by atoms with E-state index in [9.17, 15) is 0 Å². The minimum atomic E-state index is 0.667. The quantitative estimate of drug-likeness (QED) is 0.917. The Labute approximate surface area is 128 Å². The highest BCUT2D eigenvalue weighted by molar-refractivity contribution is 7.14. The summed E-state index contributed by atoms with van der Waals surface area (Å²) < 4.78 is 0. The zero-order chi connectivity index (χ0) is 13.8. The zero-order valence-corrected chi connectivity index (χ0v) is 13.5. The van der Waals surface area contributed by atoms with Gasteiger partial charge in [0, 0.05) is 35.5 Å². The van der Waals surface area contributed by atoms with Crippen LogP contribution in [0.2, 0.25) is 0 Å². The van der Waals surface area contributed by atoms with Gasteiger partial charge in [0.25, 0.3) is 0 Å². The number of likely N-dealkylation sites (N-methyl/N-ethyl adjacent to an activating group) is 1. The molecule has 5 heteroatoms. The van der Waals surface area contributed by atoms with Crippen molar-refractivity contribution >= 4 is 22.7 Å². The van der Waals surface area contributed by atoms with Crippen molar-refractivity contribution in [1.82, 2.24) is 15.2 Å². The third-order valence-corrected chi connectivity index (χ3v) is 5.50. The molecule has 108 valence electrons. The Morgan fingerprint density at radius 2 is 2.40 bits per heavy atom. The summed E-state index contributed by atoms with van der Waals surface area (Å²) >= 11 is 3.49. The number of hydrogen-bond donors (Lipinski definition) is 1. The van der Waals surface area contributed by atoms with Gasteiger partial charge in [-0.25, -0.2) is 4.98 Å². The van der Waals surface area contributed by atoms with E-state index in [4.69, 9.17) is 4.98 Å².